The first-order chi connectivity index (χ1) is 12.5. The van der Waals surface area contributed by atoms with E-state index in [0.717, 1.165) is 29.5 Å². The van der Waals surface area contributed by atoms with Crippen LogP contribution in [0.1, 0.15) is 36.5 Å². The molecule has 1 aliphatic rings. The van der Waals surface area contributed by atoms with Crippen LogP contribution in [0.2, 0.25) is 0 Å². The van der Waals surface area contributed by atoms with Crippen molar-refractivity contribution in [1.82, 2.24) is 9.88 Å². The predicted octanol–water partition coefficient (Wildman–Crippen LogP) is 4.27. The van der Waals surface area contributed by atoms with Crippen molar-refractivity contribution in [3.8, 4) is 5.88 Å². The minimum atomic E-state index is -0.288. The lowest BCUT2D eigenvalue weighted by Gasteiger charge is -2.37. The molecule has 0 N–H and O–H groups in total. The zero-order valence-electron chi connectivity index (χ0n) is 15.6. The lowest BCUT2D eigenvalue weighted by Crippen LogP contribution is -2.49. The number of aromatic nitrogens is 1. The van der Waals surface area contributed by atoms with Crippen molar-refractivity contribution in [2.45, 2.75) is 52.4 Å². The van der Waals surface area contributed by atoms with Crippen molar-refractivity contribution in [3.63, 3.8) is 0 Å². The van der Waals surface area contributed by atoms with Crippen LogP contribution in [-0.2, 0) is 11.3 Å². The minimum Gasteiger partial charge on any atom is -0.472 e. The normalized spacial score (nSPS) is 19.9. The third-order valence-electron chi connectivity index (χ3n) is 4.99. The Morgan fingerprint density at radius 1 is 1.19 bits per heavy atom. The maximum absolute atomic E-state index is 12.5. The van der Waals surface area contributed by atoms with E-state index in [2.05, 4.69) is 11.9 Å². The Balaban J connectivity index is 1.60. The quantitative estimate of drug-likeness (QED) is 0.823. The number of benzene rings is 1. The molecular formula is C21H26N2O3. The summed E-state index contributed by atoms with van der Waals surface area (Å²) in [5.74, 6) is 0.655. The highest BCUT2D eigenvalue weighted by Crippen LogP contribution is 2.24. The van der Waals surface area contributed by atoms with E-state index < -0.39 is 0 Å². The standard InChI is InChI=1S/C21H26N2O3/c1-15-11-12-22-20(17(15)3)26-19-10-9-16(2)23(13-19)21(24)25-14-18-7-5-4-6-8-18/h4-8,11-12,16,19H,9-10,13-14H2,1-3H3/t16-,19-/m1/s1. The first-order valence-electron chi connectivity index (χ1n) is 9.10. The molecule has 1 aromatic carbocycles. The molecule has 5 nitrogen and oxygen atoms in total. The Hall–Kier alpha value is -2.56. The van der Waals surface area contributed by atoms with Gasteiger partial charge < -0.3 is 14.4 Å². The van der Waals surface area contributed by atoms with E-state index >= 15 is 0 Å². The summed E-state index contributed by atoms with van der Waals surface area (Å²) >= 11 is 0. The molecule has 0 saturated carbocycles. The Labute approximate surface area is 155 Å². The van der Waals surface area contributed by atoms with Crippen LogP contribution in [0.4, 0.5) is 4.79 Å². The fraction of sp³-hybridized carbons (Fsp3) is 0.429. The van der Waals surface area contributed by atoms with Crippen molar-refractivity contribution in [2.24, 2.45) is 0 Å². The van der Waals surface area contributed by atoms with Gasteiger partial charge in [-0.3, -0.25) is 0 Å². The van der Waals surface area contributed by atoms with E-state index in [1.54, 1.807) is 11.1 Å². The summed E-state index contributed by atoms with van der Waals surface area (Å²) in [6.45, 7) is 6.90. The second-order valence-electron chi connectivity index (χ2n) is 6.92. The third kappa shape index (κ3) is 4.34. The van der Waals surface area contributed by atoms with Crippen molar-refractivity contribution in [2.75, 3.05) is 6.54 Å². The van der Waals surface area contributed by atoms with Gasteiger partial charge in [-0.1, -0.05) is 30.3 Å². The van der Waals surface area contributed by atoms with Crippen molar-refractivity contribution >= 4 is 6.09 Å². The SMILES string of the molecule is Cc1ccnc(O[C@@H]2CC[C@@H](C)N(C(=O)OCc3ccccc3)C2)c1C. The molecule has 1 aliphatic heterocycles. The Morgan fingerprint density at radius 3 is 2.73 bits per heavy atom. The highest BCUT2D eigenvalue weighted by atomic mass is 16.6. The van der Waals surface area contributed by atoms with E-state index in [9.17, 15) is 4.79 Å². The van der Waals surface area contributed by atoms with Gasteiger partial charge in [0.2, 0.25) is 5.88 Å². The smallest absolute Gasteiger partial charge is 0.410 e. The van der Waals surface area contributed by atoms with Crippen molar-refractivity contribution < 1.29 is 14.3 Å². The molecule has 0 spiro atoms. The van der Waals surface area contributed by atoms with Gasteiger partial charge in [0, 0.05) is 17.8 Å². The lowest BCUT2D eigenvalue weighted by atomic mass is 10.0. The summed E-state index contributed by atoms with van der Waals surface area (Å²) in [6.07, 6.45) is 3.19. The van der Waals surface area contributed by atoms with E-state index in [-0.39, 0.29) is 24.8 Å². The van der Waals surface area contributed by atoms with E-state index in [1.165, 1.54) is 0 Å². The van der Waals surface area contributed by atoms with Crippen LogP contribution in [0, 0.1) is 13.8 Å². The van der Waals surface area contributed by atoms with Crippen LogP contribution in [0.15, 0.2) is 42.6 Å². The fourth-order valence-corrected chi connectivity index (χ4v) is 3.11. The molecule has 26 heavy (non-hydrogen) atoms. The van der Waals surface area contributed by atoms with Gasteiger partial charge in [0.05, 0.1) is 6.54 Å². The lowest BCUT2D eigenvalue weighted by molar-refractivity contribution is 0.0322. The summed E-state index contributed by atoms with van der Waals surface area (Å²) in [7, 11) is 0. The number of ether oxygens (including phenoxy) is 2. The number of likely N-dealkylation sites (tertiary alicyclic amines) is 1. The number of hydrogen-bond acceptors (Lipinski definition) is 4. The molecule has 0 bridgehead atoms. The first-order valence-corrected chi connectivity index (χ1v) is 9.10. The van der Waals surface area contributed by atoms with Gasteiger partial charge in [-0.25, -0.2) is 9.78 Å². The molecule has 1 aromatic heterocycles. The fourth-order valence-electron chi connectivity index (χ4n) is 3.11. The molecule has 5 heteroatoms. The number of hydrogen-bond donors (Lipinski definition) is 0. The van der Waals surface area contributed by atoms with Gasteiger partial charge in [0.25, 0.3) is 0 Å². The van der Waals surface area contributed by atoms with E-state index in [0.29, 0.717) is 12.4 Å². The number of amides is 1. The second-order valence-corrected chi connectivity index (χ2v) is 6.92. The topological polar surface area (TPSA) is 51.7 Å². The first kappa shape index (κ1) is 18.2. The van der Waals surface area contributed by atoms with Crippen molar-refractivity contribution in [1.29, 1.82) is 0 Å². The van der Waals surface area contributed by atoms with Crippen LogP contribution in [-0.4, -0.2) is 34.7 Å². The predicted molar refractivity (Wildman–Crippen MR) is 100 cm³/mol. The number of carbonyl (C=O) groups excluding carboxylic acids is 1. The zero-order chi connectivity index (χ0) is 18.5. The minimum absolute atomic E-state index is 0.0662. The van der Waals surface area contributed by atoms with Gasteiger partial charge >= 0.3 is 6.09 Å². The molecular weight excluding hydrogens is 328 g/mol. The molecule has 1 amide bonds. The maximum atomic E-state index is 12.5. The summed E-state index contributed by atoms with van der Waals surface area (Å²) in [6, 6.07) is 11.8. The van der Waals surface area contributed by atoms with Crippen LogP contribution in [0.3, 0.4) is 0 Å². The Morgan fingerprint density at radius 2 is 1.96 bits per heavy atom. The summed E-state index contributed by atoms with van der Waals surface area (Å²) in [4.78, 5) is 18.6. The zero-order valence-corrected chi connectivity index (χ0v) is 15.6. The molecule has 3 rings (SSSR count). The third-order valence-corrected chi connectivity index (χ3v) is 4.99. The van der Waals surface area contributed by atoms with E-state index in [4.69, 9.17) is 9.47 Å². The van der Waals surface area contributed by atoms with Gasteiger partial charge in [0.15, 0.2) is 0 Å². The van der Waals surface area contributed by atoms with Crippen LogP contribution in [0.25, 0.3) is 0 Å². The summed E-state index contributed by atoms with van der Waals surface area (Å²) < 4.78 is 11.6. The number of nitrogens with zero attached hydrogens (tertiary/aromatic N) is 2. The van der Waals surface area contributed by atoms with Crippen LogP contribution >= 0.6 is 0 Å². The number of aryl methyl sites for hydroxylation is 1. The highest BCUT2D eigenvalue weighted by Gasteiger charge is 2.31. The number of rotatable bonds is 4. The molecule has 1 fully saturated rings. The van der Waals surface area contributed by atoms with Gasteiger partial charge in [0.1, 0.15) is 12.7 Å². The Kier molecular flexibility index (Phi) is 5.76. The van der Waals surface area contributed by atoms with Crippen LogP contribution < -0.4 is 4.74 Å². The number of piperidine rings is 1. The summed E-state index contributed by atoms with van der Waals surface area (Å²) in [5, 5.41) is 0. The largest absolute Gasteiger partial charge is 0.472 e. The second kappa shape index (κ2) is 8.21. The van der Waals surface area contributed by atoms with E-state index in [1.807, 2.05) is 50.2 Å². The maximum Gasteiger partial charge on any atom is 0.410 e. The van der Waals surface area contributed by atoms with Gasteiger partial charge in [-0.2, -0.15) is 0 Å². The molecule has 138 valence electrons. The monoisotopic (exact) mass is 354 g/mol. The molecule has 2 heterocycles. The average molecular weight is 354 g/mol. The molecule has 1 saturated heterocycles. The number of pyridine rings is 1. The van der Waals surface area contributed by atoms with Gasteiger partial charge in [-0.05, 0) is 50.8 Å². The molecule has 0 unspecified atom stereocenters. The molecule has 0 radical (unpaired) electrons. The van der Waals surface area contributed by atoms with Crippen molar-refractivity contribution in [3.05, 3.63) is 59.3 Å². The summed E-state index contributed by atoms with van der Waals surface area (Å²) in [5.41, 5.74) is 3.18. The van der Waals surface area contributed by atoms with Crippen LogP contribution in [0.5, 0.6) is 5.88 Å². The molecule has 0 aliphatic carbocycles. The Bertz CT molecular complexity index is 748. The molecule has 2 atom stereocenters. The van der Waals surface area contributed by atoms with Gasteiger partial charge in [-0.15, -0.1) is 0 Å². The molecule has 2 aromatic rings. The average Bonchev–Trinajstić information content (AvgIpc) is 2.66. The highest BCUT2D eigenvalue weighted by molar-refractivity contribution is 5.68. The number of carbonyl (C=O) groups is 1.